The molecule has 3 aromatic carbocycles. The lowest BCUT2D eigenvalue weighted by Gasteiger charge is -2.18. The van der Waals surface area contributed by atoms with Crippen LogP contribution in [0.4, 0.5) is 4.39 Å². The molecular formula is C25H21FN2O. The monoisotopic (exact) mass is 384 g/mol. The fourth-order valence-electron chi connectivity index (χ4n) is 2.99. The van der Waals surface area contributed by atoms with E-state index in [0.717, 1.165) is 22.3 Å². The summed E-state index contributed by atoms with van der Waals surface area (Å²) in [4.78, 5) is 14.6. The third-order valence-corrected chi connectivity index (χ3v) is 4.62. The predicted molar refractivity (Wildman–Crippen MR) is 114 cm³/mol. The van der Waals surface area contributed by atoms with Crippen molar-refractivity contribution in [2.24, 2.45) is 0 Å². The molecule has 0 fully saturated rings. The second-order valence-electron chi connectivity index (χ2n) is 6.69. The van der Waals surface area contributed by atoms with Crippen LogP contribution in [0.2, 0.25) is 0 Å². The van der Waals surface area contributed by atoms with Crippen molar-refractivity contribution in [2.75, 3.05) is 13.6 Å². The molecule has 0 heterocycles. The van der Waals surface area contributed by atoms with Crippen molar-refractivity contribution in [3.05, 3.63) is 95.8 Å². The van der Waals surface area contributed by atoms with Gasteiger partial charge in [-0.15, -0.1) is 0 Å². The summed E-state index contributed by atoms with van der Waals surface area (Å²) < 4.78 is 13.3. The van der Waals surface area contributed by atoms with Gasteiger partial charge in [0.15, 0.2) is 0 Å². The summed E-state index contributed by atoms with van der Waals surface area (Å²) in [5.41, 5.74) is 4.15. The number of carbonyl (C=O) groups is 1. The van der Waals surface area contributed by atoms with Gasteiger partial charge in [-0.2, -0.15) is 5.26 Å². The Morgan fingerprint density at radius 1 is 0.966 bits per heavy atom. The van der Waals surface area contributed by atoms with E-state index in [-0.39, 0.29) is 18.1 Å². The number of rotatable bonds is 6. The quantitative estimate of drug-likeness (QED) is 0.422. The minimum atomic E-state index is -0.326. The number of benzene rings is 3. The maximum atomic E-state index is 13.3. The molecule has 4 heteroatoms. The van der Waals surface area contributed by atoms with Crippen molar-refractivity contribution in [1.29, 1.82) is 5.26 Å². The first-order valence-electron chi connectivity index (χ1n) is 9.34. The lowest BCUT2D eigenvalue weighted by Crippen LogP contribution is -2.28. The third-order valence-electron chi connectivity index (χ3n) is 4.62. The molecule has 0 N–H and O–H groups in total. The first kappa shape index (κ1) is 20.0. The maximum absolute atomic E-state index is 13.3. The van der Waals surface area contributed by atoms with E-state index >= 15 is 0 Å². The van der Waals surface area contributed by atoms with Gasteiger partial charge >= 0.3 is 0 Å². The molecule has 0 atom stereocenters. The van der Waals surface area contributed by atoms with Gasteiger partial charge in [0.25, 0.3) is 5.91 Å². The van der Waals surface area contributed by atoms with Gasteiger partial charge in [-0.3, -0.25) is 4.79 Å². The molecule has 0 aliphatic carbocycles. The number of hydrogen-bond acceptors (Lipinski definition) is 2. The van der Waals surface area contributed by atoms with E-state index in [4.69, 9.17) is 5.26 Å². The summed E-state index contributed by atoms with van der Waals surface area (Å²) >= 11 is 0. The highest BCUT2D eigenvalue weighted by Gasteiger charge is 2.17. The van der Waals surface area contributed by atoms with Gasteiger partial charge in [-0.1, -0.05) is 66.7 Å². The number of nitriles is 1. The van der Waals surface area contributed by atoms with Crippen LogP contribution in [0.5, 0.6) is 0 Å². The van der Waals surface area contributed by atoms with E-state index in [1.54, 1.807) is 25.3 Å². The molecule has 0 aliphatic heterocycles. The fourth-order valence-corrected chi connectivity index (χ4v) is 2.99. The topological polar surface area (TPSA) is 44.1 Å². The Morgan fingerprint density at radius 2 is 1.59 bits per heavy atom. The van der Waals surface area contributed by atoms with Gasteiger partial charge in [-0.25, -0.2) is 4.39 Å². The standard InChI is InChI=1S/C25H21FN2O/c1-28(17-5-16-27)25(29)24(18-19-8-14-23(26)15-9-19)22-12-10-21(11-13-22)20-6-3-2-4-7-20/h2-4,6-15,18H,5,17H2,1H3/b24-18+. The molecule has 0 bridgehead atoms. The molecule has 0 aromatic heterocycles. The van der Waals surface area contributed by atoms with Crippen LogP contribution in [-0.2, 0) is 4.79 Å². The van der Waals surface area contributed by atoms with E-state index in [1.165, 1.54) is 17.0 Å². The summed E-state index contributed by atoms with van der Waals surface area (Å²) in [6, 6.07) is 25.8. The van der Waals surface area contributed by atoms with Crippen LogP contribution in [0.25, 0.3) is 22.8 Å². The number of amides is 1. The van der Waals surface area contributed by atoms with E-state index in [2.05, 4.69) is 6.07 Å². The minimum Gasteiger partial charge on any atom is -0.341 e. The van der Waals surface area contributed by atoms with Crippen molar-refractivity contribution < 1.29 is 9.18 Å². The molecule has 0 saturated carbocycles. The normalized spacial score (nSPS) is 11.0. The largest absolute Gasteiger partial charge is 0.341 e. The molecule has 1 amide bonds. The minimum absolute atomic E-state index is 0.183. The molecule has 0 spiro atoms. The van der Waals surface area contributed by atoms with E-state index in [1.807, 2.05) is 54.6 Å². The van der Waals surface area contributed by atoms with Gasteiger partial charge in [-0.05, 0) is 40.5 Å². The van der Waals surface area contributed by atoms with Crippen LogP contribution in [0, 0.1) is 17.1 Å². The fraction of sp³-hybridized carbons (Fsp3) is 0.120. The zero-order valence-electron chi connectivity index (χ0n) is 16.2. The van der Waals surface area contributed by atoms with Crippen LogP contribution >= 0.6 is 0 Å². The highest BCUT2D eigenvalue weighted by molar-refractivity contribution is 6.24. The molecule has 3 nitrogen and oxygen atoms in total. The second kappa shape index (κ2) is 9.48. The first-order valence-corrected chi connectivity index (χ1v) is 9.34. The summed E-state index contributed by atoms with van der Waals surface area (Å²) in [5, 5.41) is 8.81. The van der Waals surface area contributed by atoms with Crippen molar-refractivity contribution in [3.63, 3.8) is 0 Å². The maximum Gasteiger partial charge on any atom is 0.254 e. The Kier molecular flexibility index (Phi) is 6.55. The van der Waals surface area contributed by atoms with Crippen molar-refractivity contribution in [2.45, 2.75) is 6.42 Å². The number of carbonyl (C=O) groups excluding carboxylic acids is 1. The van der Waals surface area contributed by atoms with Crippen molar-refractivity contribution in [1.82, 2.24) is 4.90 Å². The highest BCUT2D eigenvalue weighted by Crippen LogP contribution is 2.25. The Bertz CT molecular complexity index is 1030. The van der Waals surface area contributed by atoms with E-state index in [0.29, 0.717) is 12.1 Å². The zero-order valence-corrected chi connectivity index (χ0v) is 16.2. The summed E-state index contributed by atoms with van der Waals surface area (Å²) in [5.74, 6) is -0.509. The molecule has 29 heavy (non-hydrogen) atoms. The smallest absolute Gasteiger partial charge is 0.254 e. The average molecular weight is 384 g/mol. The molecule has 0 radical (unpaired) electrons. The van der Waals surface area contributed by atoms with Crippen molar-refractivity contribution in [3.8, 4) is 17.2 Å². The molecular weight excluding hydrogens is 363 g/mol. The van der Waals surface area contributed by atoms with Crippen molar-refractivity contribution >= 4 is 17.6 Å². The molecule has 3 aromatic rings. The summed E-state index contributed by atoms with van der Waals surface area (Å²) in [6.07, 6.45) is 2.02. The van der Waals surface area contributed by atoms with Crippen LogP contribution in [0.1, 0.15) is 17.5 Å². The lowest BCUT2D eigenvalue weighted by atomic mass is 9.98. The van der Waals surface area contributed by atoms with Crippen LogP contribution in [0.3, 0.4) is 0 Å². The zero-order chi connectivity index (χ0) is 20.6. The molecule has 144 valence electrons. The van der Waals surface area contributed by atoms with Gasteiger partial charge in [0.1, 0.15) is 5.82 Å². The van der Waals surface area contributed by atoms with Crippen LogP contribution < -0.4 is 0 Å². The number of halogens is 1. The average Bonchev–Trinajstić information content (AvgIpc) is 2.77. The highest BCUT2D eigenvalue weighted by atomic mass is 19.1. The Labute approximate surface area is 170 Å². The van der Waals surface area contributed by atoms with Crippen LogP contribution in [-0.4, -0.2) is 24.4 Å². The molecule has 0 aliphatic rings. The summed E-state index contributed by atoms with van der Waals surface area (Å²) in [7, 11) is 1.68. The van der Waals surface area contributed by atoms with Gasteiger partial charge < -0.3 is 4.90 Å². The van der Waals surface area contributed by atoms with E-state index < -0.39 is 0 Å². The molecule has 0 saturated heterocycles. The SMILES string of the molecule is CN(CCC#N)C(=O)/C(=C/c1ccc(F)cc1)c1ccc(-c2ccccc2)cc1. The summed E-state index contributed by atoms with van der Waals surface area (Å²) in [6.45, 7) is 0.345. The second-order valence-corrected chi connectivity index (χ2v) is 6.69. The Balaban J connectivity index is 1.97. The number of hydrogen-bond donors (Lipinski definition) is 0. The van der Waals surface area contributed by atoms with Crippen LogP contribution in [0.15, 0.2) is 78.9 Å². The number of nitrogens with zero attached hydrogens (tertiary/aromatic N) is 2. The Morgan fingerprint density at radius 3 is 2.21 bits per heavy atom. The van der Waals surface area contributed by atoms with Gasteiger partial charge in [0, 0.05) is 19.2 Å². The first-order chi connectivity index (χ1) is 14.1. The predicted octanol–water partition coefficient (Wildman–Crippen LogP) is 5.41. The number of likely N-dealkylation sites (N-methyl/N-ethyl adjacent to an activating group) is 1. The van der Waals surface area contributed by atoms with E-state index in [9.17, 15) is 9.18 Å². The van der Waals surface area contributed by atoms with Gasteiger partial charge in [0.05, 0.1) is 12.5 Å². The molecule has 0 unspecified atom stereocenters. The Hall–Kier alpha value is -3.71. The lowest BCUT2D eigenvalue weighted by molar-refractivity contribution is -0.123. The molecule has 3 rings (SSSR count). The third kappa shape index (κ3) is 5.18. The van der Waals surface area contributed by atoms with Gasteiger partial charge in [0.2, 0.25) is 0 Å².